The molecule has 1 rings (SSSR count). The molecule has 0 aliphatic carbocycles. The molecule has 18 heavy (non-hydrogen) atoms. The number of nitrogens with zero attached hydrogens (tertiary/aromatic N) is 1. The Morgan fingerprint density at radius 1 is 1.56 bits per heavy atom. The number of aryl methyl sites for hydroxylation is 1. The number of primary sulfonamides is 1. The van der Waals surface area contributed by atoms with Crippen molar-refractivity contribution in [2.24, 2.45) is 12.2 Å². The maximum atomic E-state index is 11.8. The highest BCUT2D eigenvalue weighted by Gasteiger charge is 2.19. The molecule has 0 aliphatic rings. The molecule has 0 aliphatic heterocycles. The van der Waals surface area contributed by atoms with Crippen LogP contribution in [0.25, 0.3) is 0 Å². The van der Waals surface area contributed by atoms with Gasteiger partial charge in [-0.2, -0.15) is 0 Å². The number of amides is 1. The summed E-state index contributed by atoms with van der Waals surface area (Å²) in [7, 11) is -2.30. The van der Waals surface area contributed by atoms with Gasteiger partial charge in [0.05, 0.1) is 5.60 Å². The van der Waals surface area contributed by atoms with E-state index in [0.717, 1.165) is 0 Å². The number of hydrogen-bond acceptors (Lipinski definition) is 4. The molecule has 0 saturated carbocycles. The Labute approximate surface area is 106 Å². The van der Waals surface area contributed by atoms with E-state index in [-0.39, 0.29) is 17.1 Å². The molecule has 1 heterocycles. The van der Waals surface area contributed by atoms with Crippen LogP contribution >= 0.6 is 0 Å². The van der Waals surface area contributed by atoms with Crippen LogP contribution in [0.5, 0.6) is 0 Å². The second kappa shape index (κ2) is 4.71. The van der Waals surface area contributed by atoms with Gasteiger partial charge in [-0.15, -0.1) is 0 Å². The molecule has 0 fully saturated rings. The van der Waals surface area contributed by atoms with Crippen LogP contribution in [0.2, 0.25) is 0 Å². The Bertz CT molecular complexity index is 554. The van der Waals surface area contributed by atoms with Crippen LogP contribution in [-0.2, 0) is 17.1 Å². The normalized spacial score (nSPS) is 12.5. The standard InChI is InChI=1S/C10H17N3O4S/c1-10(2,15)6-12-9(14)8-4-7(5-13(8)3)18(11,16)17/h4-5,15H,6H2,1-3H3,(H,12,14)(H2,11,16,17). The number of rotatable bonds is 4. The highest BCUT2D eigenvalue weighted by Crippen LogP contribution is 2.11. The number of aromatic nitrogens is 1. The van der Waals surface area contributed by atoms with Crippen LogP contribution < -0.4 is 10.5 Å². The first kappa shape index (κ1) is 14.7. The first-order chi connectivity index (χ1) is 8.00. The number of carbonyl (C=O) groups excluding carboxylic acids is 1. The number of nitrogens with two attached hydrogens (primary N) is 1. The number of hydrogen-bond donors (Lipinski definition) is 3. The van der Waals surface area contributed by atoms with Gasteiger partial charge in [0.1, 0.15) is 10.6 Å². The van der Waals surface area contributed by atoms with E-state index in [1.165, 1.54) is 23.9 Å². The average Bonchev–Trinajstić information content (AvgIpc) is 2.55. The minimum absolute atomic E-state index is 0.0573. The largest absolute Gasteiger partial charge is 0.389 e. The zero-order valence-corrected chi connectivity index (χ0v) is 11.3. The van der Waals surface area contributed by atoms with Gasteiger partial charge in [-0.3, -0.25) is 4.79 Å². The van der Waals surface area contributed by atoms with E-state index >= 15 is 0 Å². The summed E-state index contributed by atoms with van der Waals surface area (Å²) in [4.78, 5) is 11.6. The third kappa shape index (κ3) is 3.83. The molecule has 0 aromatic carbocycles. The lowest BCUT2D eigenvalue weighted by molar-refractivity contribution is 0.0690. The van der Waals surface area contributed by atoms with Crippen molar-refractivity contribution in [3.8, 4) is 0 Å². The monoisotopic (exact) mass is 275 g/mol. The van der Waals surface area contributed by atoms with Gasteiger partial charge >= 0.3 is 0 Å². The zero-order chi connectivity index (χ0) is 14.1. The first-order valence-electron chi connectivity index (χ1n) is 5.20. The van der Waals surface area contributed by atoms with Crippen LogP contribution in [0.4, 0.5) is 0 Å². The van der Waals surface area contributed by atoms with Crippen molar-refractivity contribution in [3.05, 3.63) is 18.0 Å². The molecule has 0 bridgehead atoms. The summed E-state index contributed by atoms with van der Waals surface area (Å²) in [6, 6.07) is 1.19. The number of aliphatic hydroxyl groups is 1. The van der Waals surface area contributed by atoms with Crippen LogP contribution in [0.3, 0.4) is 0 Å². The van der Waals surface area contributed by atoms with E-state index in [1.807, 2.05) is 0 Å². The van der Waals surface area contributed by atoms with Crippen molar-refractivity contribution in [2.45, 2.75) is 24.3 Å². The molecule has 0 atom stereocenters. The lowest BCUT2D eigenvalue weighted by Crippen LogP contribution is -2.38. The van der Waals surface area contributed by atoms with Crippen LogP contribution in [-0.4, -0.2) is 36.1 Å². The second-order valence-corrected chi connectivity index (χ2v) is 6.27. The Hall–Kier alpha value is -1.38. The van der Waals surface area contributed by atoms with Crippen molar-refractivity contribution in [1.29, 1.82) is 0 Å². The molecule has 4 N–H and O–H groups in total. The van der Waals surface area contributed by atoms with E-state index in [0.29, 0.717) is 0 Å². The molecule has 8 heteroatoms. The van der Waals surface area contributed by atoms with Crippen molar-refractivity contribution in [1.82, 2.24) is 9.88 Å². The van der Waals surface area contributed by atoms with Gasteiger partial charge in [0.2, 0.25) is 10.0 Å². The molecule has 1 amide bonds. The van der Waals surface area contributed by atoms with Gasteiger partial charge < -0.3 is 15.0 Å². The van der Waals surface area contributed by atoms with E-state index in [1.54, 1.807) is 13.8 Å². The van der Waals surface area contributed by atoms with Gasteiger partial charge in [-0.1, -0.05) is 0 Å². The number of sulfonamides is 1. The predicted octanol–water partition coefficient (Wildman–Crippen LogP) is -0.827. The fourth-order valence-electron chi connectivity index (χ4n) is 1.30. The molecular formula is C10H17N3O4S. The van der Waals surface area contributed by atoms with E-state index in [4.69, 9.17) is 5.14 Å². The summed E-state index contributed by atoms with van der Waals surface area (Å²) < 4.78 is 23.6. The van der Waals surface area contributed by atoms with Crippen molar-refractivity contribution in [3.63, 3.8) is 0 Å². The Morgan fingerprint density at radius 2 is 2.11 bits per heavy atom. The SMILES string of the molecule is Cn1cc(S(N)(=O)=O)cc1C(=O)NCC(C)(C)O. The highest BCUT2D eigenvalue weighted by molar-refractivity contribution is 7.89. The van der Waals surface area contributed by atoms with E-state index in [2.05, 4.69) is 5.32 Å². The Morgan fingerprint density at radius 3 is 2.50 bits per heavy atom. The molecule has 1 aromatic heterocycles. The molecule has 0 radical (unpaired) electrons. The predicted molar refractivity (Wildman–Crippen MR) is 65.4 cm³/mol. The van der Waals surface area contributed by atoms with Crippen LogP contribution in [0.15, 0.2) is 17.2 Å². The Balaban J connectivity index is 2.91. The molecule has 0 saturated heterocycles. The smallest absolute Gasteiger partial charge is 0.268 e. The molecule has 0 unspecified atom stereocenters. The molecule has 102 valence electrons. The fraction of sp³-hybridized carbons (Fsp3) is 0.500. The van der Waals surface area contributed by atoms with Crippen LogP contribution in [0.1, 0.15) is 24.3 Å². The maximum absolute atomic E-state index is 11.8. The van der Waals surface area contributed by atoms with E-state index < -0.39 is 21.5 Å². The summed E-state index contributed by atoms with van der Waals surface area (Å²) in [5.74, 6) is -0.477. The quantitative estimate of drug-likeness (QED) is 0.665. The number of carbonyl (C=O) groups is 1. The van der Waals surface area contributed by atoms with Gasteiger partial charge in [0.15, 0.2) is 0 Å². The highest BCUT2D eigenvalue weighted by atomic mass is 32.2. The topological polar surface area (TPSA) is 114 Å². The van der Waals surface area contributed by atoms with E-state index in [9.17, 15) is 18.3 Å². The molecular weight excluding hydrogens is 258 g/mol. The third-order valence-corrected chi connectivity index (χ3v) is 3.10. The maximum Gasteiger partial charge on any atom is 0.268 e. The summed E-state index contributed by atoms with van der Waals surface area (Å²) in [6.45, 7) is 3.16. The zero-order valence-electron chi connectivity index (χ0n) is 10.5. The molecule has 0 spiro atoms. The van der Waals surface area contributed by atoms with Gasteiger partial charge in [0.25, 0.3) is 5.91 Å². The van der Waals surface area contributed by atoms with Gasteiger partial charge in [-0.25, -0.2) is 13.6 Å². The fourth-order valence-corrected chi connectivity index (χ4v) is 1.88. The molecule has 7 nitrogen and oxygen atoms in total. The van der Waals surface area contributed by atoms with Crippen molar-refractivity contribution in [2.75, 3.05) is 6.54 Å². The minimum Gasteiger partial charge on any atom is -0.389 e. The Kier molecular flexibility index (Phi) is 3.84. The second-order valence-electron chi connectivity index (χ2n) is 4.71. The lowest BCUT2D eigenvalue weighted by atomic mass is 10.1. The summed E-state index contributed by atoms with van der Waals surface area (Å²) >= 11 is 0. The summed E-state index contributed by atoms with van der Waals surface area (Å²) in [5, 5.41) is 16.9. The molecule has 1 aromatic rings. The van der Waals surface area contributed by atoms with Gasteiger partial charge in [-0.05, 0) is 19.9 Å². The van der Waals surface area contributed by atoms with Gasteiger partial charge in [0, 0.05) is 19.8 Å². The van der Waals surface area contributed by atoms with Crippen LogP contribution in [0, 0.1) is 0 Å². The minimum atomic E-state index is -3.83. The average molecular weight is 275 g/mol. The first-order valence-corrected chi connectivity index (χ1v) is 6.75. The summed E-state index contributed by atoms with van der Waals surface area (Å²) in [5.41, 5.74) is -0.882. The lowest BCUT2D eigenvalue weighted by Gasteiger charge is -2.17. The van der Waals surface area contributed by atoms with Crippen molar-refractivity contribution >= 4 is 15.9 Å². The third-order valence-electron chi connectivity index (χ3n) is 2.22. The number of nitrogens with one attached hydrogen (secondary N) is 1. The summed E-state index contributed by atoms with van der Waals surface area (Å²) in [6.07, 6.45) is 1.26. The van der Waals surface area contributed by atoms with Crippen molar-refractivity contribution < 1.29 is 18.3 Å².